The largest absolute Gasteiger partial charge is 0.368 e. The third kappa shape index (κ3) is 2.55. The molecule has 0 aromatic heterocycles. The lowest BCUT2D eigenvalue weighted by molar-refractivity contribution is 0.337. The maximum atomic E-state index is 13.8. The Bertz CT molecular complexity index is 377. The summed E-state index contributed by atoms with van der Waals surface area (Å²) in [6, 6.07) is 5.37. The molecule has 0 amide bonds. The SMILES string of the molecule is CNC1CCN(c2c(F)cccc2Cl)CC1C. The highest BCUT2D eigenvalue weighted by Crippen LogP contribution is 2.32. The number of para-hydroxylation sites is 1. The summed E-state index contributed by atoms with van der Waals surface area (Å²) in [4.78, 5) is 2.05. The van der Waals surface area contributed by atoms with E-state index < -0.39 is 0 Å². The van der Waals surface area contributed by atoms with Gasteiger partial charge in [0.1, 0.15) is 5.82 Å². The van der Waals surface area contributed by atoms with Gasteiger partial charge in [0.2, 0.25) is 0 Å². The molecule has 1 heterocycles. The van der Waals surface area contributed by atoms with E-state index in [1.165, 1.54) is 6.07 Å². The van der Waals surface area contributed by atoms with Crippen LogP contribution in [0, 0.1) is 11.7 Å². The molecule has 1 fully saturated rings. The molecule has 1 aliphatic heterocycles. The molecule has 2 atom stereocenters. The molecule has 1 aromatic carbocycles. The molecule has 0 spiro atoms. The Morgan fingerprint density at radius 1 is 1.47 bits per heavy atom. The van der Waals surface area contributed by atoms with Crippen molar-refractivity contribution in [3.63, 3.8) is 0 Å². The minimum Gasteiger partial charge on any atom is -0.368 e. The number of nitrogens with one attached hydrogen (secondary N) is 1. The molecule has 1 saturated heterocycles. The molecule has 1 aliphatic rings. The van der Waals surface area contributed by atoms with Gasteiger partial charge in [0.15, 0.2) is 0 Å². The molecule has 0 aliphatic carbocycles. The van der Waals surface area contributed by atoms with Crippen LogP contribution in [0.3, 0.4) is 0 Å². The van der Waals surface area contributed by atoms with Crippen LogP contribution in [0.25, 0.3) is 0 Å². The van der Waals surface area contributed by atoms with E-state index >= 15 is 0 Å². The first-order valence-corrected chi connectivity index (χ1v) is 6.37. The van der Waals surface area contributed by atoms with Crippen molar-refractivity contribution in [3.8, 4) is 0 Å². The third-order valence-corrected chi connectivity index (χ3v) is 3.83. The summed E-state index contributed by atoms with van der Waals surface area (Å²) in [6.07, 6.45) is 1.02. The van der Waals surface area contributed by atoms with Crippen LogP contribution in [-0.2, 0) is 0 Å². The second-order valence-electron chi connectivity index (χ2n) is 4.68. The van der Waals surface area contributed by atoms with E-state index in [1.54, 1.807) is 12.1 Å². The summed E-state index contributed by atoms with van der Waals surface area (Å²) in [7, 11) is 1.98. The second kappa shape index (κ2) is 5.23. The quantitative estimate of drug-likeness (QED) is 0.875. The van der Waals surface area contributed by atoms with Gasteiger partial charge in [-0.15, -0.1) is 0 Å². The summed E-state index contributed by atoms with van der Waals surface area (Å²) >= 11 is 6.08. The highest BCUT2D eigenvalue weighted by molar-refractivity contribution is 6.33. The fraction of sp³-hybridized carbons (Fsp3) is 0.538. The van der Waals surface area contributed by atoms with Crippen LogP contribution in [0.2, 0.25) is 5.02 Å². The maximum Gasteiger partial charge on any atom is 0.148 e. The third-order valence-electron chi connectivity index (χ3n) is 3.53. The Labute approximate surface area is 107 Å². The fourth-order valence-electron chi connectivity index (χ4n) is 2.57. The van der Waals surface area contributed by atoms with Crippen molar-refractivity contribution in [3.05, 3.63) is 29.0 Å². The number of nitrogens with zero attached hydrogens (tertiary/aromatic N) is 1. The van der Waals surface area contributed by atoms with Crippen molar-refractivity contribution >= 4 is 17.3 Å². The summed E-state index contributed by atoms with van der Waals surface area (Å²) in [5.74, 6) is 0.261. The van der Waals surface area contributed by atoms with Gasteiger partial charge in [-0.25, -0.2) is 4.39 Å². The van der Waals surface area contributed by atoms with Crippen LogP contribution in [0.5, 0.6) is 0 Å². The molecule has 0 bridgehead atoms. The van der Waals surface area contributed by atoms with Crippen molar-refractivity contribution in [1.29, 1.82) is 0 Å². The number of halogens is 2. The number of benzene rings is 1. The van der Waals surface area contributed by atoms with Gasteiger partial charge in [-0.1, -0.05) is 24.6 Å². The van der Waals surface area contributed by atoms with Crippen LogP contribution in [-0.4, -0.2) is 26.2 Å². The highest BCUT2D eigenvalue weighted by atomic mass is 35.5. The summed E-state index contributed by atoms with van der Waals surface area (Å²) in [5.41, 5.74) is 0.551. The normalized spacial score (nSPS) is 25.1. The average molecular weight is 257 g/mol. The first-order valence-electron chi connectivity index (χ1n) is 5.99. The molecule has 0 radical (unpaired) electrons. The second-order valence-corrected chi connectivity index (χ2v) is 5.08. The van der Waals surface area contributed by atoms with Gasteiger partial charge < -0.3 is 10.2 Å². The molecule has 2 nitrogen and oxygen atoms in total. The van der Waals surface area contributed by atoms with E-state index in [0.717, 1.165) is 19.5 Å². The Morgan fingerprint density at radius 2 is 2.24 bits per heavy atom. The van der Waals surface area contributed by atoms with Gasteiger partial charge in [-0.2, -0.15) is 0 Å². The summed E-state index contributed by atoms with van der Waals surface area (Å²) in [5, 5.41) is 3.80. The van der Waals surface area contributed by atoms with E-state index in [9.17, 15) is 4.39 Å². The number of hydrogen-bond donors (Lipinski definition) is 1. The molecule has 17 heavy (non-hydrogen) atoms. The van der Waals surface area contributed by atoms with Gasteiger partial charge in [0, 0.05) is 19.1 Å². The number of anilines is 1. The smallest absolute Gasteiger partial charge is 0.148 e. The van der Waals surface area contributed by atoms with Crippen LogP contribution in [0.15, 0.2) is 18.2 Å². The highest BCUT2D eigenvalue weighted by Gasteiger charge is 2.27. The standard InChI is InChI=1S/C13H18ClFN2/c1-9-8-17(7-6-12(9)16-2)13-10(14)4-3-5-11(13)15/h3-5,9,12,16H,6-8H2,1-2H3. The predicted molar refractivity (Wildman–Crippen MR) is 70.3 cm³/mol. The maximum absolute atomic E-state index is 13.8. The zero-order valence-electron chi connectivity index (χ0n) is 10.2. The topological polar surface area (TPSA) is 15.3 Å². The van der Waals surface area contributed by atoms with Crippen molar-refractivity contribution in [2.24, 2.45) is 5.92 Å². The summed E-state index contributed by atoms with van der Waals surface area (Å²) < 4.78 is 13.8. The average Bonchev–Trinajstić information content (AvgIpc) is 2.29. The molecule has 4 heteroatoms. The van der Waals surface area contributed by atoms with E-state index in [0.29, 0.717) is 22.7 Å². The van der Waals surface area contributed by atoms with Crippen molar-refractivity contribution in [2.45, 2.75) is 19.4 Å². The fourth-order valence-corrected chi connectivity index (χ4v) is 2.85. The molecular weight excluding hydrogens is 239 g/mol. The molecule has 1 N–H and O–H groups in total. The Kier molecular flexibility index (Phi) is 3.89. The lowest BCUT2D eigenvalue weighted by Crippen LogP contribution is -2.47. The van der Waals surface area contributed by atoms with Gasteiger partial charge in [0.05, 0.1) is 10.7 Å². The van der Waals surface area contributed by atoms with Crippen LogP contribution in [0.4, 0.5) is 10.1 Å². The van der Waals surface area contributed by atoms with Crippen LogP contribution >= 0.6 is 11.6 Å². The summed E-state index contributed by atoms with van der Waals surface area (Å²) in [6.45, 7) is 3.87. The first-order chi connectivity index (χ1) is 8.13. The van der Waals surface area contributed by atoms with Gasteiger partial charge in [-0.3, -0.25) is 0 Å². The minimum atomic E-state index is -0.229. The van der Waals surface area contributed by atoms with E-state index in [1.807, 2.05) is 7.05 Å². The van der Waals surface area contributed by atoms with Crippen molar-refractivity contribution in [2.75, 3.05) is 25.0 Å². The zero-order valence-corrected chi connectivity index (χ0v) is 11.0. The van der Waals surface area contributed by atoms with E-state index in [2.05, 4.69) is 17.1 Å². The van der Waals surface area contributed by atoms with E-state index in [4.69, 9.17) is 11.6 Å². The van der Waals surface area contributed by atoms with Gasteiger partial charge >= 0.3 is 0 Å². The Balaban J connectivity index is 2.19. The van der Waals surface area contributed by atoms with Gasteiger partial charge in [-0.05, 0) is 31.5 Å². The Hall–Kier alpha value is -0.800. The minimum absolute atomic E-state index is 0.229. The molecular formula is C13H18ClFN2. The monoisotopic (exact) mass is 256 g/mol. The number of rotatable bonds is 2. The first kappa shape index (κ1) is 12.7. The molecule has 2 rings (SSSR count). The molecule has 1 aromatic rings. The number of hydrogen-bond acceptors (Lipinski definition) is 2. The van der Waals surface area contributed by atoms with E-state index in [-0.39, 0.29) is 5.82 Å². The number of piperidine rings is 1. The molecule has 0 saturated carbocycles. The molecule has 2 unspecified atom stereocenters. The lowest BCUT2D eigenvalue weighted by atomic mass is 9.93. The Morgan fingerprint density at radius 3 is 2.82 bits per heavy atom. The molecule has 94 valence electrons. The van der Waals surface area contributed by atoms with Crippen molar-refractivity contribution < 1.29 is 4.39 Å². The van der Waals surface area contributed by atoms with Gasteiger partial charge in [0.25, 0.3) is 0 Å². The van der Waals surface area contributed by atoms with Crippen LogP contribution < -0.4 is 10.2 Å². The zero-order chi connectivity index (χ0) is 12.4. The predicted octanol–water partition coefficient (Wildman–Crippen LogP) is 2.91. The van der Waals surface area contributed by atoms with Crippen molar-refractivity contribution in [1.82, 2.24) is 5.32 Å². The lowest BCUT2D eigenvalue weighted by Gasteiger charge is -2.38. The van der Waals surface area contributed by atoms with Crippen LogP contribution in [0.1, 0.15) is 13.3 Å².